The third-order valence-electron chi connectivity index (χ3n) is 4.21. The van der Waals surface area contributed by atoms with E-state index in [0.717, 1.165) is 18.7 Å². The second-order valence-electron chi connectivity index (χ2n) is 5.55. The molecule has 5 nitrogen and oxygen atoms in total. The molecule has 0 atom stereocenters. The molecule has 1 aromatic rings. The maximum atomic E-state index is 12.4. The summed E-state index contributed by atoms with van der Waals surface area (Å²) in [5.41, 5.74) is 2.42. The van der Waals surface area contributed by atoms with Gasteiger partial charge >= 0.3 is 0 Å². The first-order chi connectivity index (χ1) is 9.72. The van der Waals surface area contributed by atoms with E-state index in [9.17, 15) is 9.90 Å². The first kappa shape index (κ1) is 13.4. The molecule has 2 aliphatic heterocycles. The van der Waals surface area contributed by atoms with Gasteiger partial charge in [-0.15, -0.1) is 0 Å². The molecule has 1 fully saturated rings. The fraction of sp³-hybridized carbons (Fsp3) is 0.533. The second kappa shape index (κ2) is 5.42. The van der Waals surface area contributed by atoms with Gasteiger partial charge in [0.15, 0.2) is 0 Å². The fourth-order valence-electron chi connectivity index (χ4n) is 2.84. The molecule has 0 unspecified atom stereocenters. The number of amides is 1. The van der Waals surface area contributed by atoms with Gasteiger partial charge in [0.05, 0.1) is 12.1 Å². The highest BCUT2D eigenvalue weighted by molar-refractivity contribution is 5.95. The van der Waals surface area contributed by atoms with Gasteiger partial charge in [-0.1, -0.05) is 0 Å². The van der Waals surface area contributed by atoms with Crippen molar-refractivity contribution in [1.82, 2.24) is 5.32 Å². The Morgan fingerprint density at radius 1 is 1.40 bits per heavy atom. The molecule has 2 aliphatic rings. The number of rotatable bonds is 3. The van der Waals surface area contributed by atoms with Crippen molar-refractivity contribution in [3.63, 3.8) is 0 Å². The average Bonchev–Trinajstić information content (AvgIpc) is 2.95. The Bertz CT molecular complexity index is 510. The Kier molecular flexibility index (Phi) is 3.63. The van der Waals surface area contributed by atoms with Crippen LogP contribution in [0.15, 0.2) is 18.2 Å². The van der Waals surface area contributed by atoms with Crippen LogP contribution < -0.4 is 10.6 Å². The first-order valence-corrected chi connectivity index (χ1v) is 7.10. The number of hydrogen-bond donors (Lipinski definition) is 3. The lowest BCUT2D eigenvalue weighted by atomic mass is 9.90. The summed E-state index contributed by atoms with van der Waals surface area (Å²) in [4.78, 5) is 12.4. The molecular formula is C15H20N2O3. The van der Waals surface area contributed by atoms with Crippen molar-refractivity contribution in [1.29, 1.82) is 0 Å². The van der Waals surface area contributed by atoms with Crippen LogP contribution in [0.25, 0.3) is 0 Å². The minimum absolute atomic E-state index is 0.0470. The van der Waals surface area contributed by atoms with Crippen LogP contribution in [-0.4, -0.2) is 42.9 Å². The highest BCUT2D eigenvalue weighted by Gasteiger charge is 2.33. The van der Waals surface area contributed by atoms with Crippen LogP contribution in [0.2, 0.25) is 0 Å². The summed E-state index contributed by atoms with van der Waals surface area (Å²) >= 11 is 0. The van der Waals surface area contributed by atoms with E-state index in [1.54, 1.807) is 0 Å². The summed E-state index contributed by atoms with van der Waals surface area (Å²) in [5.74, 6) is -0.115. The zero-order valence-electron chi connectivity index (χ0n) is 11.4. The van der Waals surface area contributed by atoms with E-state index in [4.69, 9.17) is 4.74 Å². The van der Waals surface area contributed by atoms with Gasteiger partial charge in [0.25, 0.3) is 5.91 Å². The van der Waals surface area contributed by atoms with Crippen LogP contribution in [0.4, 0.5) is 5.69 Å². The Morgan fingerprint density at radius 3 is 2.95 bits per heavy atom. The zero-order chi connectivity index (χ0) is 14.0. The second-order valence-corrected chi connectivity index (χ2v) is 5.55. The molecule has 0 saturated carbocycles. The van der Waals surface area contributed by atoms with Crippen LogP contribution in [-0.2, 0) is 11.2 Å². The van der Waals surface area contributed by atoms with Crippen molar-refractivity contribution in [2.75, 3.05) is 31.7 Å². The minimum Gasteiger partial charge on any atom is -0.394 e. The van der Waals surface area contributed by atoms with Crippen molar-refractivity contribution in [3.8, 4) is 0 Å². The predicted molar refractivity (Wildman–Crippen MR) is 76.0 cm³/mol. The standard InChI is InChI=1S/C15H20N2O3/c18-10-15(4-7-20-8-5-15)17-14(19)12-1-2-13-11(9-12)3-6-16-13/h1-2,9,16,18H,3-8,10H2,(H,17,19). The number of fused-ring (bicyclic) bond motifs is 1. The van der Waals surface area contributed by atoms with Crippen LogP contribution >= 0.6 is 0 Å². The molecule has 0 aromatic heterocycles. The Balaban J connectivity index is 1.75. The van der Waals surface area contributed by atoms with Gasteiger partial charge in [-0.3, -0.25) is 4.79 Å². The van der Waals surface area contributed by atoms with E-state index in [-0.39, 0.29) is 12.5 Å². The molecule has 0 spiro atoms. The monoisotopic (exact) mass is 276 g/mol. The molecule has 20 heavy (non-hydrogen) atoms. The lowest BCUT2D eigenvalue weighted by Gasteiger charge is -2.36. The third kappa shape index (κ3) is 2.51. The highest BCUT2D eigenvalue weighted by Crippen LogP contribution is 2.24. The number of aliphatic hydroxyl groups excluding tert-OH is 1. The highest BCUT2D eigenvalue weighted by atomic mass is 16.5. The van der Waals surface area contributed by atoms with E-state index in [1.165, 1.54) is 5.56 Å². The molecule has 2 heterocycles. The topological polar surface area (TPSA) is 70.6 Å². The quantitative estimate of drug-likeness (QED) is 0.768. The van der Waals surface area contributed by atoms with E-state index >= 15 is 0 Å². The fourth-order valence-corrected chi connectivity index (χ4v) is 2.84. The molecule has 108 valence electrons. The largest absolute Gasteiger partial charge is 0.394 e. The van der Waals surface area contributed by atoms with Crippen molar-refractivity contribution in [3.05, 3.63) is 29.3 Å². The molecule has 1 amide bonds. The number of carbonyl (C=O) groups is 1. The smallest absolute Gasteiger partial charge is 0.251 e. The van der Waals surface area contributed by atoms with E-state index in [2.05, 4.69) is 10.6 Å². The number of anilines is 1. The normalized spacial score (nSPS) is 20.1. The van der Waals surface area contributed by atoms with Gasteiger partial charge in [-0.05, 0) is 43.0 Å². The molecule has 0 bridgehead atoms. The molecule has 3 rings (SSSR count). The maximum Gasteiger partial charge on any atom is 0.251 e. The van der Waals surface area contributed by atoms with Gasteiger partial charge in [-0.2, -0.15) is 0 Å². The molecule has 0 aliphatic carbocycles. The molecule has 1 aromatic carbocycles. The van der Waals surface area contributed by atoms with Crippen molar-refractivity contribution < 1.29 is 14.6 Å². The molecule has 1 saturated heterocycles. The van der Waals surface area contributed by atoms with Crippen LogP contribution in [0.3, 0.4) is 0 Å². The van der Waals surface area contributed by atoms with Gasteiger partial charge in [0, 0.05) is 31.0 Å². The number of carbonyl (C=O) groups excluding carboxylic acids is 1. The first-order valence-electron chi connectivity index (χ1n) is 7.10. The van der Waals surface area contributed by atoms with E-state index in [0.29, 0.717) is 31.6 Å². The van der Waals surface area contributed by atoms with Gasteiger partial charge in [-0.25, -0.2) is 0 Å². The lowest BCUT2D eigenvalue weighted by Crippen LogP contribution is -2.54. The molecule has 0 radical (unpaired) electrons. The SMILES string of the molecule is O=C(NC1(CO)CCOCC1)c1ccc2c(c1)CCN2. The Labute approximate surface area is 118 Å². The zero-order valence-corrected chi connectivity index (χ0v) is 11.4. The summed E-state index contributed by atoms with van der Waals surface area (Å²) in [7, 11) is 0. The van der Waals surface area contributed by atoms with Crippen molar-refractivity contribution in [2.45, 2.75) is 24.8 Å². The summed E-state index contributed by atoms with van der Waals surface area (Å²) in [6, 6.07) is 5.72. The van der Waals surface area contributed by atoms with Crippen molar-refractivity contribution >= 4 is 11.6 Å². The number of hydrogen-bond acceptors (Lipinski definition) is 4. The minimum atomic E-state index is -0.535. The van der Waals surface area contributed by atoms with Gasteiger partial charge in [0.1, 0.15) is 0 Å². The summed E-state index contributed by atoms with van der Waals surface area (Å²) in [5, 5.41) is 15.9. The van der Waals surface area contributed by atoms with Crippen molar-refractivity contribution in [2.24, 2.45) is 0 Å². The van der Waals surface area contributed by atoms with Crippen LogP contribution in [0.1, 0.15) is 28.8 Å². The Morgan fingerprint density at radius 2 is 2.20 bits per heavy atom. The summed E-state index contributed by atoms with van der Waals surface area (Å²) in [6.45, 7) is 2.04. The predicted octanol–water partition coefficient (Wildman–Crippen LogP) is 0.926. The average molecular weight is 276 g/mol. The van der Waals surface area contributed by atoms with E-state index in [1.807, 2.05) is 18.2 Å². The maximum absolute atomic E-state index is 12.4. The number of benzene rings is 1. The summed E-state index contributed by atoms with van der Waals surface area (Å²) in [6.07, 6.45) is 2.26. The molecule has 3 N–H and O–H groups in total. The Hall–Kier alpha value is -1.59. The van der Waals surface area contributed by atoms with Crippen LogP contribution in [0, 0.1) is 0 Å². The number of aliphatic hydroxyl groups is 1. The van der Waals surface area contributed by atoms with Gasteiger partial charge in [0.2, 0.25) is 0 Å². The van der Waals surface area contributed by atoms with E-state index < -0.39 is 5.54 Å². The lowest BCUT2D eigenvalue weighted by molar-refractivity contribution is 0.0125. The molecular weight excluding hydrogens is 256 g/mol. The summed E-state index contributed by atoms with van der Waals surface area (Å²) < 4.78 is 5.30. The molecule has 5 heteroatoms. The number of nitrogens with one attached hydrogen (secondary N) is 2. The van der Waals surface area contributed by atoms with Gasteiger partial charge < -0.3 is 20.5 Å². The van der Waals surface area contributed by atoms with Crippen LogP contribution in [0.5, 0.6) is 0 Å². The third-order valence-corrected chi connectivity index (χ3v) is 4.21. The number of ether oxygens (including phenoxy) is 1.